The second-order valence-corrected chi connectivity index (χ2v) is 2.91. The zero-order valence-corrected chi connectivity index (χ0v) is 8.09. The first kappa shape index (κ1) is 13.3. The van der Waals surface area contributed by atoms with E-state index in [0.717, 1.165) is 6.33 Å². The van der Waals surface area contributed by atoms with E-state index >= 15 is 0 Å². The number of carbonyl (C=O) groups excluding carboxylic acids is 1. The standard InChI is InChI=1S/C7H6F5N3O2/c8-6(9,7(10,11)12)5(16)13-2-1-4-14-3-15-17-4/h3H,1-2H2,(H,13,16). The first-order valence-electron chi connectivity index (χ1n) is 4.23. The molecule has 1 N–H and O–H groups in total. The molecule has 0 fully saturated rings. The molecular formula is C7H6F5N3O2. The summed E-state index contributed by atoms with van der Waals surface area (Å²) in [6.07, 6.45) is -5.03. The minimum Gasteiger partial charge on any atom is -0.350 e. The predicted octanol–water partition coefficient (Wildman–Crippen LogP) is 0.926. The van der Waals surface area contributed by atoms with E-state index in [4.69, 9.17) is 0 Å². The SMILES string of the molecule is O=C(NCCc1ncno1)C(F)(F)C(F)(F)F. The van der Waals surface area contributed by atoms with Crippen molar-refractivity contribution in [3.63, 3.8) is 0 Å². The molecule has 0 saturated heterocycles. The van der Waals surface area contributed by atoms with Gasteiger partial charge in [-0.3, -0.25) is 4.79 Å². The molecule has 0 aliphatic carbocycles. The molecule has 0 spiro atoms. The lowest BCUT2D eigenvalue weighted by Gasteiger charge is -2.18. The van der Waals surface area contributed by atoms with E-state index in [9.17, 15) is 26.7 Å². The number of hydrogen-bond acceptors (Lipinski definition) is 4. The quantitative estimate of drug-likeness (QED) is 0.816. The average molecular weight is 259 g/mol. The summed E-state index contributed by atoms with van der Waals surface area (Å²) in [5.41, 5.74) is 0. The number of alkyl halides is 5. The van der Waals surface area contributed by atoms with Crippen LogP contribution in [0.5, 0.6) is 0 Å². The smallest absolute Gasteiger partial charge is 0.350 e. The molecule has 0 saturated carbocycles. The normalized spacial score (nSPS) is 12.5. The highest BCUT2D eigenvalue weighted by molar-refractivity contribution is 5.84. The maximum absolute atomic E-state index is 12.4. The molecule has 1 heterocycles. The van der Waals surface area contributed by atoms with Gasteiger partial charge >= 0.3 is 12.1 Å². The minimum atomic E-state index is -5.92. The lowest BCUT2D eigenvalue weighted by Crippen LogP contribution is -2.50. The molecule has 1 aromatic heterocycles. The van der Waals surface area contributed by atoms with Crippen LogP contribution < -0.4 is 5.32 Å². The lowest BCUT2D eigenvalue weighted by atomic mass is 10.3. The lowest BCUT2D eigenvalue weighted by molar-refractivity contribution is -0.269. The second-order valence-electron chi connectivity index (χ2n) is 2.91. The van der Waals surface area contributed by atoms with Crippen LogP contribution >= 0.6 is 0 Å². The van der Waals surface area contributed by atoms with E-state index in [1.54, 1.807) is 0 Å². The highest BCUT2D eigenvalue weighted by Crippen LogP contribution is 2.35. The van der Waals surface area contributed by atoms with Crippen LogP contribution in [0.2, 0.25) is 0 Å². The Morgan fingerprint density at radius 3 is 2.47 bits per heavy atom. The van der Waals surface area contributed by atoms with Crippen molar-refractivity contribution in [2.24, 2.45) is 0 Å². The fraction of sp³-hybridized carbons (Fsp3) is 0.571. The summed E-state index contributed by atoms with van der Waals surface area (Å²) in [6.45, 7) is -0.466. The van der Waals surface area contributed by atoms with E-state index in [1.807, 2.05) is 0 Å². The Bertz CT molecular complexity index is 375. The van der Waals surface area contributed by atoms with Crippen LogP contribution in [0.15, 0.2) is 10.9 Å². The van der Waals surface area contributed by atoms with Crippen LogP contribution in [0, 0.1) is 0 Å². The summed E-state index contributed by atoms with van der Waals surface area (Å²) in [5, 5.41) is 4.61. The van der Waals surface area contributed by atoms with E-state index in [-0.39, 0.29) is 12.3 Å². The van der Waals surface area contributed by atoms with Crippen molar-refractivity contribution in [2.45, 2.75) is 18.5 Å². The van der Waals surface area contributed by atoms with Crippen molar-refractivity contribution in [1.82, 2.24) is 15.5 Å². The number of carbonyl (C=O) groups is 1. The topological polar surface area (TPSA) is 68.0 Å². The molecule has 10 heteroatoms. The molecule has 0 aliphatic rings. The van der Waals surface area contributed by atoms with Gasteiger partial charge in [-0.25, -0.2) is 0 Å². The van der Waals surface area contributed by atoms with Gasteiger partial charge in [0.25, 0.3) is 5.91 Å². The Hall–Kier alpha value is -1.74. The van der Waals surface area contributed by atoms with Crippen molar-refractivity contribution >= 4 is 5.91 Å². The van der Waals surface area contributed by atoms with Crippen LogP contribution in [0.25, 0.3) is 0 Å². The Morgan fingerprint density at radius 2 is 2.00 bits per heavy atom. The first-order valence-corrected chi connectivity index (χ1v) is 4.23. The monoisotopic (exact) mass is 259 g/mol. The Morgan fingerprint density at radius 1 is 1.35 bits per heavy atom. The van der Waals surface area contributed by atoms with E-state index in [0.29, 0.717) is 0 Å². The van der Waals surface area contributed by atoms with Gasteiger partial charge in [-0.2, -0.15) is 26.9 Å². The summed E-state index contributed by atoms with van der Waals surface area (Å²) in [4.78, 5) is 14.1. The predicted molar refractivity (Wildman–Crippen MR) is 42.0 cm³/mol. The summed E-state index contributed by atoms with van der Waals surface area (Å²) < 4.78 is 64.4. The summed E-state index contributed by atoms with van der Waals surface area (Å²) in [6, 6.07) is 0. The molecular weight excluding hydrogens is 253 g/mol. The third kappa shape index (κ3) is 3.11. The van der Waals surface area contributed by atoms with Gasteiger partial charge in [0, 0.05) is 13.0 Å². The van der Waals surface area contributed by atoms with E-state index in [1.165, 1.54) is 5.32 Å². The Kier molecular flexibility index (Phi) is 3.63. The van der Waals surface area contributed by atoms with Gasteiger partial charge in [0.15, 0.2) is 6.33 Å². The second kappa shape index (κ2) is 4.63. The van der Waals surface area contributed by atoms with Gasteiger partial charge in [0.05, 0.1) is 0 Å². The fourth-order valence-electron chi connectivity index (χ4n) is 0.829. The van der Waals surface area contributed by atoms with Gasteiger partial charge in [-0.05, 0) is 0 Å². The first-order chi connectivity index (χ1) is 7.75. The summed E-state index contributed by atoms with van der Waals surface area (Å²) in [7, 11) is 0. The molecule has 0 bridgehead atoms. The van der Waals surface area contributed by atoms with Crippen LogP contribution in [-0.2, 0) is 11.2 Å². The van der Waals surface area contributed by atoms with Gasteiger partial charge in [-0.15, -0.1) is 0 Å². The molecule has 96 valence electrons. The van der Waals surface area contributed by atoms with Crippen LogP contribution in [0.1, 0.15) is 5.89 Å². The van der Waals surface area contributed by atoms with E-state index in [2.05, 4.69) is 14.7 Å². The number of rotatable bonds is 4. The van der Waals surface area contributed by atoms with Gasteiger partial charge in [0.2, 0.25) is 5.89 Å². The number of nitrogens with one attached hydrogen (secondary N) is 1. The molecule has 17 heavy (non-hydrogen) atoms. The van der Waals surface area contributed by atoms with Crippen LogP contribution in [-0.4, -0.2) is 34.7 Å². The maximum Gasteiger partial charge on any atom is 0.463 e. The molecule has 1 aromatic rings. The Balaban J connectivity index is 2.45. The Labute approximate surface area is 91.0 Å². The van der Waals surface area contributed by atoms with Crippen LogP contribution in [0.4, 0.5) is 22.0 Å². The summed E-state index contributed by atoms with van der Waals surface area (Å²) >= 11 is 0. The highest BCUT2D eigenvalue weighted by Gasteiger charge is 2.63. The minimum absolute atomic E-state index is 0.0145. The van der Waals surface area contributed by atoms with Crippen molar-refractivity contribution in [3.05, 3.63) is 12.2 Å². The highest BCUT2D eigenvalue weighted by atomic mass is 19.4. The number of aromatic nitrogens is 2. The number of nitrogens with zero attached hydrogens (tertiary/aromatic N) is 2. The number of hydrogen-bond donors (Lipinski definition) is 1. The molecule has 0 aromatic carbocycles. The average Bonchev–Trinajstić information content (AvgIpc) is 2.68. The van der Waals surface area contributed by atoms with Crippen molar-refractivity contribution < 1.29 is 31.3 Å². The third-order valence-corrected chi connectivity index (χ3v) is 1.67. The van der Waals surface area contributed by atoms with Crippen molar-refractivity contribution in [1.29, 1.82) is 0 Å². The van der Waals surface area contributed by atoms with Gasteiger partial charge in [0.1, 0.15) is 0 Å². The van der Waals surface area contributed by atoms with Crippen molar-refractivity contribution in [2.75, 3.05) is 6.54 Å². The van der Waals surface area contributed by atoms with Gasteiger partial charge < -0.3 is 9.84 Å². The summed E-state index contributed by atoms with van der Waals surface area (Å²) in [5.74, 6) is -7.81. The number of halogens is 5. The third-order valence-electron chi connectivity index (χ3n) is 1.67. The molecule has 0 radical (unpaired) electrons. The molecule has 5 nitrogen and oxygen atoms in total. The molecule has 1 rings (SSSR count). The zero-order valence-electron chi connectivity index (χ0n) is 8.09. The maximum atomic E-state index is 12.4. The van der Waals surface area contributed by atoms with Crippen LogP contribution in [0.3, 0.4) is 0 Å². The molecule has 0 aliphatic heterocycles. The number of amides is 1. The zero-order chi connectivity index (χ0) is 13.1. The van der Waals surface area contributed by atoms with Crippen molar-refractivity contribution in [3.8, 4) is 0 Å². The molecule has 1 amide bonds. The molecule has 0 atom stereocenters. The molecule has 0 unspecified atom stereocenters. The van der Waals surface area contributed by atoms with E-state index < -0.39 is 24.6 Å². The van der Waals surface area contributed by atoms with Gasteiger partial charge in [-0.1, -0.05) is 5.16 Å². The largest absolute Gasteiger partial charge is 0.463 e. The fourth-order valence-corrected chi connectivity index (χ4v) is 0.829.